The number of benzene rings is 1. The van der Waals surface area contributed by atoms with Crippen LogP contribution in [0, 0.1) is 0 Å². The van der Waals surface area contributed by atoms with E-state index in [0.717, 1.165) is 5.75 Å². The molecule has 0 aliphatic heterocycles. The van der Waals surface area contributed by atoms with Crippen molar-refractivity contribution in [3.05, 3.63) is 30.3 Å². The number of rotatable bonds is 9. The summed E-state index contributed by atoms with van der Waals surface area (Å²) in [4.78, 5) is 11.1. The summed E-state index contributed by atoms with van der Waals surface area (Å²) in [7, 11) is 0. The molecule has 2 N–H and O–H groups in total. The summed E-state index contributed by atoms with van der Waals surface area (Å²) in [5, 5.41) is 12.0. The van der Waals surface area contributed by atoms with E-state index in [9.17, 15) is 4.79 Å². The van der Waals surface area contributed by atoms with Crippen LogP contribution in [0.15, 0.2) is 30.3 Å². The molecular formula is C14H21NO4. The Hall–Kier alpha value is -1.59. The van der Waals surface area contributed by atoms with Gasteiger partial charge in [-0.05, 0) is 25.6 Å². The van der Waals surface area contributed by atoms with E-state index < -0.39 is 11.5 Å². The van der Waals surface area contributed by atoms with Gasteiger partial charge in [0.2, 0.25) is 0 Å². The number of ether oxygens (including phenoxy) is 2. The van der Waals surface area contributed by atoms with Gasteiger partial charge in [0.05, 0.1) is 13.2 Å². The van der Waals surface area contributed by atoms with Gasteiger partial charge in [-0.1, -0.05) is 25.1 Å². The molecule has 0 heterocycles. The van der Waals surface area contributed by atoms with E-state index in [1.54, 1.807) is 6.92 Å². The van der Waals surface area contributed by atoms with Crippen LogP contribution in [0.2, 0.25) is 0 Å². The lowest BCUT2D eigenvalue weighted by Gasteiger charge is -2.25. The molecule has 0 aromatic heterocycles. The van der Waals surface area contributed by atoms with Gasteiger partial charge < -0.3 is 19.9 Å². The SMILES string of the molecule is CCNC(C)(COCCOc1ccccc1)C(=O)O. The largest absolute Gasteiger partial charge is 0.491 e. The molecule has 0 bridgehead atoms. The third-order valence-corrected chi connectivity index (χ3v) is 2.67. The summed E-state index contributed by atoms with van der Waals surface area (Å²) in [6.45, 7) is 4.90. The van der Waals surface area contributed by atoms with E-state index in [1.165, 1.54) is 0 Å². The van der Waals surface area contributed by atoms with Gasteiger partial charge in [0.1, 0.15) is 17.9 Å². The van der Waals surface area contributed by atoms with Crippen LogP contribution in [0.4, 0.5) is 0 Å². The lowest BCUT2D eigenvalue weighted by atomic mass is 10.0. The van der Waals surface area contributed by atoms with Crippen LogP contribution in [0.5, 0.6) is 5.75 Å². The zero-order valence-electron chi connectivity index (χ0n) is 11.4. The number of hydrogen-bond donors (Lipinski definition) is 2. The van der Waals surface area contributed by atoms with Gasteiger partial charge in [0.25, 0.3) is 0 Å². The number of para-hydroxylation sites is 1. The van der Waals surface area contributed by atoms with Crippen molar-refractivity contribution in [2.24, 2.45) is 0 Å². The number of aliphatic carboxylic acids is 1. The molecule has 5 heteroatoms. The normalized spacial score (nSPS) is 13.8. The van der Waals surface area contributed by atoms with E-state index in [-0.39, 0.29) is 6.61 Å². The highest BCUT2D eigenvalue weighted by Crippen LogP contribution is 2.08. The topological polar surface area (TPSA) is 67.8 Å². The molecule has 0 aliphatic rings. The summed E-state index contributed by atoms with van der Waals surface area (Å²) in [5.74, 6) is -0.142. The zero-order valence-corrected chi connectivity index (χ0v) is 11.4. The van der Waals surface area contributed by atoms with Crippen molar-refractivity contribution in [3.63, 3.8) is 0 Å². The minimum Gasteiger partial charge on any atom is -0.491 e. The third kappa shape index (κ3) is 5.28. The van der Waals surface area contributed by atoms with Gasteiger partial charge in [-0.2, -0.15) is 0 Å². The second-order valence-electron chi connectivity index (χ2n) is 4.38. The van der Waals surface area contributed by atoms with E-state index in [4.69, 9.17) is 14.6 Å². The van der Waals surface area contributed by atoms with Crippen LogP contribution in [-0.4, -0.2) is 43.0 Å². The van der Waals surface area contributed by atoms with Gasteiger partial charge in [-0.15, -0.1) is 0 Å². The van der Waals surface area contributed by atoms with Gasteiger partial charge in [-0.25, -0.2) is 0 Å². The fourth-order valence-corrected chi connectivity index (χ4v) is 1.59. The predicted octanol–water partition coefficient (Wildman–Crippen LogP) is 1.53. The summed E-state index contributed by atoms with van der Waals surface area (Å²) in [6, 6.07) is 9.42. The van der Waals surface area contributed by atoms with Crippen LogP contribution < -0.4 is 10.1 Å². The third-order valence-electron chi connectivity index (χ3n) is 2.67. The second kappa shape index (κ2) is 7.76. The Morgan fingerprint density at radius 2 is 2.00 bits per heavy atom. The van der Waals surface area contributed by atoms with E-state index >= 15 is 0 Å². The Morgan fingerprint density at radius 3 is 2.58 bits per heavy atom. The van der Waals surface area contributed by atoms with Gasteiger partial charge in [0.15, 0.2) is 0 Å². The first-order chi connectivity index (χ1) is 9.08. The lowest BCUT2D eigenvalue weighted by Crippen LogP contribution is -2.53. The van der Waals surface area contributed by atoms with E-state index in [1.807, 2.05) is 37.3 Å². The lowest BCUT2D eigenvalue weighted by molar-refractivity contribution is -0.147. The summed E-state index contributed by atoms with van der Waals surface area (Å²) >= 11 is 0. The van der Waals surface area contributed by atoms with Crippen molar-refractivity contribution < 1.29 is 19.4 Å². The molecule has 1 aromatic rings. The summed E-state index contributed by atoms with van der Waals surface area (Å²) in [5.41, 5.74) is -1.05. The molecule has 0 radical (unpaired) electrons. The maximum absolute atomic E-state index is 11.1. The fourth-order valence-electron chi connectivity index (χ4n) is 1.59. The smallest absolute Gasteiger partial charge is 0.326 e. The first-order valence-electron chi connectivity index (χ1n) is 6.32. The Kier molecular flexibility index (Phi) is 6.32. The molecule has 5 nitrogen and oxygen atoms in total. The van der Waals surface area contributed by atoms with E-state index in [0.29, 0.717) is 19.8 Å². The molecule has 1 unspecified atom stereocenters. The van der Waals surface area contributed by atoms with Crippen molar-refractivity contribution in [1.82, 2.24) is 5.32 Å². The number of hydrogen-bond acceptors (Lipinski definition) is 4. The van der Waals surface area contributed by atoms with Crippen LogP contribution in [0.3, 0.4) is 0 Å². The van der Waals surface area contributed by atoms with Crippen LogP contribution in [0.1, 0.15) is 13.8 Å². The second-order valence-corrected chi connectivity index (χ2v) is 4.38. The monoisotopic (exact) mass is 267 g/mol. The molecule has 19 heavy (non-hydrogen) atoms. The van der Waals surface area contributed by atoms with Crippen LogP contribution in [-0.2, 0) is 9.53 Å². The Morgan fingerprint density at radius 1 is 1.32 bits per heavy atom. The Bertz CT molecular complexity index is 382. The molecule has 106 valence electrons. The molecule has 0 saturated heterocycles. The highest BCUT2D eigenvalue weighted by molar-refractivity contribution is 5.78. The molecule has 0 saturated carbocycles. The fraction of sp³-hybridized carbons (Fsp3) is 0.500. The minimum absolute atomic E-state index is 0.105. The number of carbonyl (C=O) groups is 1. The molecule has 0 spiro atoms. The van der Waals surface area contributed by atoms with Crippen LogP contribution >= 0.6 is 0 Å². The number of likely N-dealkylation sites (N-methyl/N-ethyl adjacent to an activating group) is 1. The highest BCUT2D eigenvalue weighted by atomic mass is 16.5. The molecule has 1 atom stereocenters. The number of nitrogens with one attached hydrogen (secondary N) is 1. The summed E-state index contributed by atoms with van der Waals surface area (Å²) in [6.07, 6.45) is 0. The first kappa shape index (κ1) is 15.5. The van der Waals surface area contributed by atoms with Gasteiger partial charge >= 0.3 is 5.97 Å². The Labute approximate surface area is 113 Å². The van der Waals surface area contributed by atoms with Crippen molar-refractivity contribution in [3.8, 4) is 5.75 Å². The molecule has 0 fully saturated rings. The average molecular weight is 267 g/mol. The van der Waals surface area contributed by atoms with Crippen molar-refractivity contribution in [2.45, 2.75) is 19.4 Å². The van der Waals surface area contributed by atoms with Crippen LogP contribution in [0.25, 0.3) is 0 Å². The molecule has 0 amide bonds. The number of carboxylic acid groups (broad SMARTS) is 1. The maximum Gasteiger partial charge on any atom is 0.326 e. The van der Waals surface area contributed by atoms with E-state index in [2.05, 4.69) is 5.32 Å². The number of carboxylic acids is 1. The maximum atomic E-state index is 11.1. The predicted molar refractivity (Wildman–Crippen MR) is 72.5 cm³/mol. The average Bonchev–Trinajstić information content (AvgIpc) is 2.39. The summed E-state index contributed by atoms with van der Waals surface area (Å²) < 4.78 is 10.8. The standard InChI is InChI=1S/C14H21NO4/c1-3-15-14(2,13(16)17)11-18-9-10-19-12-7-5-4-6-8-12/h4-8,15H,3,9-11H2,1-2H3,(H,16,17). The first-order valence-corrected chi connectivity index (χ1v) is 6.32. The molecular weight excluding hydrogens is 246 g/mol. The Balaban J connectivity index is 2.24. The van der Waals surface area contributed by atoms with Crippen molar-refractivity contribution in [1.29, 1.82) is 0 Å². The molecule has 1 aromatic carbocycles. The van der Waals surface area contributed by atoms with Gasteiger partial charge in [0, 0.05) is 0 Å². The highest BCUT2D eigenvalue weighted by Gasteiger charge is 2.32. The van der Waals surface area contributed by atoms with Crippen molar-refractivity contribution >= 4 is 5.97 Å². The quantitative estimate of drug-likeness (QED) is 0.664. The minimum atomic E-state index is -1.05. The molecule has 1 rings (SSSR count). The van der Waals surface area contributed by atoms with Gasteiger partial charge in [-0.3, -0.25) is 4.79 Å². The van der Waals surface area contributed by atoms with Crippen molar-refractivity contribution in [2.75, 3.05) is 26.4 Å². The zero-order chi connectivity index (χ0) is 14.1. The molecule has 0 aliphatic carbocycles.